The predicted molar refractivity (Wildman–Crippen MR) is 54.8 cm³/mol. The Labute approximate surface area is 83.7 Å². The fraction of sp³-hybridized carbons (Fsp3) is 0.700. The summed E-state index contributed by atoms with van der Waals surface area (Å²) < 4.78 is 1.87. The van der Waals surface area contributed by atoms with Gasteiger partial charge in [0.1, 0.15) is 0 Å². The first-order chi connectivity index (χ1) is 6.61. The normalized spacial score (nSPS) is 19.3. The second kappa shape index (κ2) is 3.28. The van der Waals surface area contributed by atoms with Crippen molar-refractivity contribution in [3.8, 4) is 0 Å². The van der Waals surface area contributed by atoms with Crippen molar-refractivity contribution in [3.63, 3.8) is 0 Å². The van der Waals surface area contributed by atoms with Crippen LogP contribution in [0.3, 0.4) is 0 Å². The van der Waals surface area contributed by atoms with Crippen LogP contribution in [0, 0.1) is 6.92 Å². The summed E-state index contributed by atoms with van der Waals surface area (Å²) in [6, 6.07) is 0. The molecule has 1 aromatic heterocycles. The number of hydrogen-bond acceptors (Lipinski definition) is 3. The molecule has 3 N–H and O–H groups in total. The molecule has 0 amide bonds. The van der Waals surface area contributed by atoms with Gasteiger partial charge < -0.3 is 10.8 Å². The van der Waals surface area contributed by atoms with E-state index in [9.17, 15) is 5.11 Å². The Morgan fingerprint density at radius 3 is 2.79 bits per heavy atom. The largest absolute Gasteiger partial charge is 0.396 e. The number of anilines is 1. The van der Waals surface area contributed by atoms with Gasteiger partial charge in [-0.1, -0.05) is 0 Å². The van der Waals surface area contributed by atoms with Gasteiger partial charge in [0, 0.05) is 6.54 Å². The minimum absolute atomic E-state index is 0.423. The highest BCUT2D eigenvalue weighted by Gasteiger charge is 2.33. The number of nitrogens with two attached hydrogens (primary N) is 1. The molecule has 0 unspecified atom stereocenters. The lowest BCUT2D eigenvalue weighted by Crippen LogP contribution is -2.37. The molecule has 4 heteroatoms. The average molecular weight is 195 g/mol. The number of aromatic nitrogens is 2. The van der Waals surface area contributed by atoms with Crippen LogP contribution >= 0.6 is 0 Å². The monoisotopic (exact) mass is 195 g/mol. The molecule has 78 valence electrons. The molecule has 0 aliphatic heterocycles. The number of nitrogens with zero attached hydrogens (tertiary/aromatic N) is 2. The van der Waals surface area contributed by atoms with Gasteiger partial charge in [-0.2, -0.15) is 5.10 Å². The van der Waals surface area contributed by atoms with Crippen molar-refractivity contribution >= 4 is 5.69 Å². The van der Waals surface area contributed by atoms with Crippen molar-refractivity contribution < 1.29 is 5.11 Å². The smallest absolute Gasteiger partial charge is 0.0730 e. The fourth-order valence-corrected chi connectivity index (χ4v) is 1.84. The summed E-state index contributed by atoms with van der Waals surface area (Å²) in [6.07, 6.45) is 5.47. The molecule has 1 aliphatic carbocycles. The molecule has 0 saturated heterocycles. The summed E-state index contributed by atoms with van der Waals surface area (Å²) in [6.45, 7) is 2.71. The lowest BCUT2D eigenvalue weighted by molar-refractivity contribution is -0.0439. The summed E-state index contributed by atoms with van der Waals surface area (Å²) >= 11 is 0. The number of aryl methyl sites for hydroxylation is 1. The number of nitrogen functional groups attached to an aromatic ring is 1. The van der Waals surface area contributed by atoms with E-state index in [1.54, 1.807) is 6.20 Å². The van der Waals surface area contributed by atoms with E-state index in [0.717, 1.165) is 43.6 Å². The zero-order valence-electron chi connectivity index (χ0n) is 8.53. The second-order valence-electron chi connectivity index (χ2n) is 4.24. The van der Waals surface area contributed by atoms with Gasteiger partial charge in [-0.15, -0.1) is 0 Å². The van der Waals surface area contributed by atoms with Crippen molar-refractivity contribution in [1.82, 2.24) is 9.78 Å². The Morgan fingerprint density at radius 2 is 2.36 bits per heavy atom. The van der Waals surface area contributed by atoms with Crippen LogP contribution in [0.2, 0.25) is 0 Å². The van der Waals surface area contributed by atoms with E-state index < -0.39 is 5.60 Å². The molecule has 4 nitrogen and oxygen atoms in total. The van der Waals surface area contributed by atoms with Crippen LogP contribution in [-0.4, -0.2) is 20.5 Å². The molecule has 1 heterocycles. The molecule has 14 heavy (non-hydrogen) atoms. The van der Waals surface area contributed by atoms with Gasteiger partial charge in [-0.3, -0.25) is 4.68 Å². The first-order valence-electron chi connectivity index (χ1n) is 5.11. The van der Waals surface area contributed by atoms with Crippen molar-refractivity contribution in [1.29, 1.82) is 0 Å². The van der Waals surface area contributed by atoms with Crippen molar-refractivity contribution in [2.24, 2.45) is 0 Å². The van der Waals surface area contributed by atoms with Gasteiger partial charge in [-0.05, 0) is 32.6 Å². The molecular weight excluding hydrogens is 178 g/mol. The molecule has 2 rings (SSSR count). The molecule has 0 radical (unpaired) electrons. The summed E-state index contributed by atoms with van der Waals surface area (Å²) in [5.41, 5.74) is 6.98. The van der Waals surface area contributed by atoms with E-state index in [2.05, 4.69) is 5.10 Å². The highest BCUT2D eigenvalue weighted by atomic mass is 16.3. The maximum absolute atomic E-state index is 9.90. The van der Waals surface area contributed by atoms with Crippen LogP contribution in [0.25, 0.3) is 0 Å². The predicted octanol–water partition coefficient (Wildman–Crippen LogP) is 1.08. The van der Waals surface area contributed by atoms with Gasteiger partial charge in [0.25, 0.3) is 0 Å². The van der Waals surface area contributed by atoms with Crippen LogP contribution in [0.15, 0.2) is 6.20 Å². The van der Waals surface area contributed by atoms with E-state index in [1.165, 1.54) is 0 Å². The summed E-state index contributed by atoms with van der Waals surface area (Å²) in [5.74, 6) is 0. The maximum atomic E-state index is 9.90. The molecule has 1 fully saturated rings. The highest BCUT2D eigenvalue weighted by molar-refractivity contribution is 5.39. The van der Waals surface area contributed by atoms with E-state index >= 15 is 0 Å². The zero-order valence-corrected chi connectivity index (χ0v) is 8.53. The van der Waals surface area contributed by atoms with Gasteiger partial charge in [0.15, 0.2) is 0 Å². The molecule has 1 aliphatic rings. The number of hydrogen-bond donors (Lipinski definition) is 2. The highest BCUT2D eigenvalue weighted by Crippen LogP contribution is 2.34. The van der Waals surface area contributed by atoms with Crippen LogP contribution in [0.1, 0.15) is 31.4 Å². The maximum Gasteiger partial charge on any atom is 0.0730 e. The molecule has 1 aromatic rings. The minimum Gasteiger partial charge on any atom is -0.396 e. The Hall–Kier alpha value is -1.03. The van der Waals surface area contributed by atoms with Crippen LogP contribution < -0.4 is 5.73 Å². The Balaban J connectivity index is 1.94. The number of aliphatic hydroxyl groups is 1. The molecule has 1 saturated carbocycles. The molecule has 0 atom stereocenters. The third kappa shape index (κ3) is 1.62. The topological polar surface area (TPSA) is 64.1 Å². The van der Waals surface area contributed by atoms with E-state index in [0.29, 0.717) is 0 Å². The first-order valence-corrected chi connectivity index (χ1v) is 5.11. The molecule has 0 bridgehead atoms. The number of rotatable bonds is 3. The second-order valence-corrected chi connectivity index (χ2v) is 4.24. The van der Waals surface area contributed by atoms with Crippen molar-refractivity contribution in [2.45, 2.75) is 44.8 Å². The third-order valence-electron chi connectivity index (χ3n) is 3.21. The Bertz CT molecular complexity index is 328. The summed E-state index contributed by atoms with van der Waals surface area (Å²) in [7, 11) is 0. The molecular formula is C10H17N3O. The third-order valence-corrected chi connectivity index (χ3v) is 3.21. The lowest BCUT2D eigenvalue weighted by atomic mass is 9.78. The van der Waals surface area contributed by atoms with Gasteiger partial charge in [-0.25, -0.2) is 0 Å². The minimum atomic E-state index is -0.423. The van der Waals surface area contributed by atoms with Crippen molar-refractivity contribution in [3.05, 3.63) is 11.9 Å². The Kier molecular flexibility index (Phi) is 2.23. The molecule has 0 aromatic carbocycles. The van der Waals surface area contributed by atoms with Gasteiger partial charge >= 0.3 is 0 Å². The van der Waals surface area contributed by atoms with E-state index in [-0.39, 0.29) is 0 Å². The summed E-state index contributed by atoms with van der Waals surface area (Å²) in [4.78, 5) is 0. The average Bonchev–Trinajstić information content (AvgIpc) is 2.42. The first kappa shape index (κ1) is 9.52. The zero-order chi connectivity index (χ0) is 10.2. The van der Waals surface area contributed by atoms with Gasteiger partial charge in [0.05, 0.1) is 23.2 Å². The summed E-state index contributed by atoms with van der Waals surface area (Å²) in [5, 5.41) is 14.1. The lowest BCUT2D eigenvalue weighted by Gasteiger charge is -2.36. The quantitative estimate of drug-likeness (QED) is 0.758. The van der Waals surface area contributed by atoms with Gasteiger partial charge in [0.2, 0.25) is 0 Å². The Morgan fingerprint density at radius 1 is 1.64 bits per heavy atom. The fourth-order valence-electron chi connectivity index (χ4n) is 1.84. The molecule has 0 spiro atoms. The standard InChI is InChI=1S/C10H17N3O/c1-8-9(11)7-12-13(8)6-5-10(14)3-2-4-10/h7,14H,2-6,11H2,1H3. The van der Waals surface area contributed by atoms with Crippen molar-refractivity contribution in [2.75, 3.05) is 5.73 Å². The SMILES string of the molecule is Cc1c(N)cnn1CCC1(O)CCC1. The van der Waals surface area contributed by atoms with Crippen LogP contribution in [0.5, 0.6) is 0 Å². The van der Waals surface area contributed by atoms with Crippen LogP contribution in [0.4, 0.5) is 5.69 Å². The van der Waals surface area contributed by atoms with E-state index in [4.69, 9.17) is 5.73 Å². The van der Waals surface area contributed by atoms with E-state index in [1.807, 2.05) is 11.6 Å². The van der Waals surface area contributed by atoms with Crippen LogP contribution in [-0.2, 0) is 6.54 Å².